The van der Waals surface area contributed by atoms with Crippen molar-refractivity contribution >= 4 is 17.8 Å². The topological polar surface area (TPSA) is 74.7 Å². The van der Waals surface area contributed by atoms with Crippen LogP contribution in [0.5, 0.6) is 0 Å². The fraction of sp³-hybridized carbons (Fsp3) is 0.444. The summed E-state index contributed by atoms with van der Waals surface area (Å²) < 4.78 is 0. The molecule has 5 heteroatoms. The summed E-state index contributed by atoms with van der Waals surface area (Å²) in [7, 11) is 0. The zero-order valence-electron chi connectivity index (χ0n) is 7.98. The number of hydrogen-bond acceptors (Lipinski definition) is 3. The lowest BCUT2D eigenvalue weighted by Crippen LogP contribution is -2.54. The van der Waals surface area contributed by atoms with Gasteiger partial charge in [-0.1, -0.05) is 6.92 Å². The highest BCUT2D eigenvalue weighted by Gasteiger charge is 2.45. The van der Waals surface area contributed by atoms with Gasteiger partial charge in [-0.3, -0.25) is 14.5 Å². The number of aliphatic carboxylic acids is 1. The highest BCUT2D eigenvalue weighted by atomic mass is 16.4. The number of hydrogen-bond donors (Lipinski definition) is 1. The van der Waals surface area contributed by atoms with E-state index >= 15 is 0 Å². The molecule has 14 heavy (non-hydrogen) atoms. The molecular weight excluding hydrogens is 186 g/mol. The first kappa shape index (κ1) is 10.4. The lowest BCUT2D eigenvalue weighted by molar-refractivity contribution is -0.161. The predicted molar refractivity (Wildman–Crippen MR) is 47.3 cm³/mol. The minimum absolute atomic E-state index is 0.182. The predicted octanol–water partition coefficient (Wildman–Crippen LogP) is 0.165. The molecule has 1 N–H and O–H groups in total. The Morgan fingerprint density at radius 3 is 2.14 bits per heavy atom. The maximum atomic E-state index is 11.2. The molecule has 1 heterocycles. The molecule has 1 unspecified atom stereocenters. The molecule has 1 aliphatic heterocycles. The Bertz CT molecular complexity index is 316. The molecule has 0 aromatic carbocycles. The summed E-state index contributed by atoms with van der Waals surface area (Å²) in [6.45, 7) is 2.98. The number of carbonyl (C=O) groups excluding carboxylic acids is 2. The Kier molecular flexibility index (Phi) is 2.42. The van der Waals surface area contributed by atoms with Crippen molar-refractivity contribution in [2.24, 2.45) is 0 Å². The average Bonchev–Trinajstić information content (AvgIpc) is 2.45. The van der Waals surface area contributed by atoms with Gasteiger partial charge >= 0.3 is 5.97 Å². The standard InChI is InChI=1S/C9H11NO4/c1-3-9(2,8(13)14)10-6(11)4-5-7(10)12/h4-5H,3H2,1-2H3,(H,13,14). The summed E-state index contributed by atoms with van der Waals surface area (Å²) in [5, 5.41) is 8.95. The molecule has 0 saturated carbocycles. The van der Waals surface area contributed by atoms with E-state index in [1.807, 2.05) is 0 Å². The van der Waals surface area contributed by atoms with Gasteiger partial charge in [0.25, 0.3) is 11.8 Å². The lowest BCUT2D eigenvalue weighted by atomic mass is 9.97. The summed E-state index contributed by atoms with van der Waals surface area (Å²) in [5.41, 5.74) is -1.45. The Morgan fingerprint density at radius 2 is 1.86 bits per heavy atom. The van der Waals surface area contributed by atoms with E-state index in [-0.39, 0.29) is 6.42 Å². The van der Waals surface area contributed by atoms with Gasteiger partial charge in [0.15, 0.2) is 0 Å². The van der Waals surface area contributed by atoms with Crippen molar-refractivity contribution in [3.8, 4) is 0 Å². The van der Waals surface area contributed by atoms with Crippen molar-refractivity contribution in [2.45, 2.75) is 25.8 Å². The first-order valence-corrected chi connectivity index (χ1v) is 4.23. The molecule has 0 saturated heterocycles. The normalized spacial score (nSPS) is 20.0. The van der Waals surface area contributed by atoms with Crippen LogP contribution in [-0.4, -0.2) is 33.3 Å². The molecule has 2 amide bonds. The van der Waals surface area contributed by atoms with Crippen molar-refractivity contribution < 1.29 is 19.5 Å². The van der Waals surface area contributed by atoms with Gasteiger partial charge in [-0.2, -0.15) is 0 Å². The maximum absolute atomic E-state index is 11.2. The van der Waals surface area contributed by atoms with Crippen molar-refractivity contribution in [1.29, 1.82) is 0 Å². The first-order valence-electron chi connectivity index (χ1n) is 4.23. The van der Waals surface area contributed by atoms with E-state index in [9.17, 15) is 14.4 Å². The van der Waals surface area contributed by atoms with Crippen LogP contribution < -0.4 is 0 Å². The molecule has 0 spiro atoms. The van der Waals surface area contributed by atoms with Crippen molar-refractivity contribution in [3.63, 3.8) is 0 Å². The van der Waals surface area contributed by atoms with E-state index in [0.29, 0.717) is 0 Å². The SMILES string of the molecule is CCC(C)(C(=O)O)N1C(=O)C=CC1=O. The second kappa shape index (κ2) is 3.25. The van der Waals surface area contributed by atoms with Gasteiger partial charge in [-0.05, 0) is 13.3 Å². The van der Waals surface area contributed by atoms with Crippen LogP contribution in [0.1, 0.15) is 20.3 Å². The van der Waals surface area contributed by atoms with Crippen LogP contribution in [0, 0.1) is 0 Å². The minimum atomic E-state index is -1.45. The van der Waals surface area contributed by atoms with E-state index in [4.69, 9.17) is 5.11 Å². The fourth-order valence-corrected chi connectivity index (χ4v) is 1.29. The smallest absolute Gasteiger partial charge is 0.329 e. The third-order valence-corrected chi connectivity index (χ3v) is 2.45. The van der Waals surface area contributed by atoms with Crippen LogP contribution >= 0.6 is 0 Å². The molecule has 0 bridgehead atoms. The molecule has 0 aliphatic carbocycles. The maximum Gasteiger partial charge on any atom is 0.329 e. The summed E-state index contributed by atoms with van der Waals surface area (Å²) >= 11 is 0. The van der Waals surface area contributed by atoms with Crippen LogP contribution in [0.15, 0.2) is 12.2 Å². The second-order valence-corrected chi connectivity index (χ2v) is 3.28. The van der Waals surface area contributed by atoms with Gasteiger partial charge in [-0.15, -0.1) is 0 Å². The quantitative estimate of drug-likeness (QED) is 0.654. The van der Waals surface area contributed by atoms with Gasteiger partial charge in [0.2, 0.25) is 0 Å². The molecular formula is C9H11NO4. The molecule has 1 aliphatic rings. The van der Waals surface area contributed by atoms with Crippen LogP contribution in [0.25, 0.3) is 0 Å². The van der Waals surface area contributed by atoms with Gasteiger partial charge in [0, 0.05) is 12.2 Å². The molecule has 0 radical (unpaired) electrons. The number of nitrogens with zero attached hydrogens (tertiary/aromatic N) is 1. The summed E-state index contributed by atoms with van der Waals surface area (Å²) in [5.74, 6) is -2.31. The summed E-state index contributed by atoms with van der Waals surface area (Å²) in [6.07, 6.45) is 2.35. The molecule has 0 aromatic heterocycles. The Morgan fingerprint density at radius 1 is 1.43 bits per heavy atom. The first-order chi connectivity index (χ1) is 6.43. The van der Waals surface area contributed by atoms with Crippen LogP contribution in [-0.2, 0) is 14.4 Å². The van der Waals surface area contributed by atoms with Gasteiger partial charge < -0.3 is 5.11 Å². The van der Waals surface area contributed by atoms with E-state index in [2.05, 4.69) is 0 Å². The highest BCUT2D eigenvalue weighted by Crippen LogP contribution is 2.23. The van der Waals surface area contributed by atoms with E-state index in [0.717, 1.165) is 17.1 Å². The highest BCUT2D eigenvalue weighted by molar-refractivity contribution is 6.15. The van der Waals surface area contributed by atoms with E-state index in [1.54, 1.807) is 6.92 Å². The number of imide groups is 1. The Labute approximate surface area is 81.0 Å². The van der Waals surface area contributed by atoms with Crippen molar-refractivity contribution in [3.05, 3.63) is 12.2 Å². The molecule has 1 rings (SSSR count). The Hall–Kier alpha value is -1.65. The van der Waals surface area contributed by atoms with Crippen molar-refractivity contribution in [2.75, 3.05) is 0 Å². The van der Waals surface area contributed by atoms with Crippen LogP contribution in [0.4, 0.5) is 0 Å². The average molecular weight is 197 g/mol. The van der Waals surface area contributed by atoms with Gasteiger partial charge in [0.05, 0.1) is 0 Å². The summed E-state index contributed by atoms with van der Waals surface area (Å²) in [4.78, 5) is 34.2. The molecule has 76 valence electrons. The second-order valence-electron chi connectivity index (χ2n) is 3.28. The lowest BCUT2D eigenvalue weighted by Gasteiger charge is -2.32. The molecule has 0 aromatic rings. The molecule has 1 atom stereocenters. The van der Waals surface area contributed by atoms with E-state index in [1.165, 1.54) is 6.92 Å². The monoisotopic (exact) mass is 197 g/mol. The Balaban J connectivity index is 3.08. The minimum Gasteiger partial charge on any atom is -0.479 e. The van der Waals surface area contributed by atoms with Crippen molar-refractivity contribution in [1.82, 2.24) is 4.90 Å². The molecule has 0 fully saturated rings. The number of carbonyl (C=O) groups is 3. The molecule has 5 nitrogen and oxygen atoms in total. The number of carboxylic acid groups (broad SMARTS) is 1. The zero-order valence-corrected chi connectivity index (χ0v) is 7.98. The number of rotatable bonds is 3. The third kappa shape index (κ3) is 1.30. The van der Waals surface area contributed by atoms with Gasteiger partial charge in [0.1, 0.15) is 5.54 Å². The summed E-state index contributed by atoms with van der Waals surface area (Å²) in [6, 6.07) is 0. The van der Waals surface area contributed by atoms with E-state index < -0.39 is 23.3 Å². The largest absolute Gasteiger partial charge is 0.479 e. The van der Waals surface area contributed by atoms with Gasteiger partial charge in [-0.25, -0.2) is 4.79 Å². The van der Waals surface area contributed by atoms with Crippen LogP contribution in [0.2, 0.25) is 0 Å². The number of carboxylic acids is 1. The fourth-order valence-electron chi connectivity index (χ4n) is 1.29. The van der Waals surface area contributed by atoms with Crippen LogP contribution in [0.3, 0.4) is 0 Å². The zero-order chi connectivity index (χ0) is 10.9. The third-order valence-electron chi connectivity index (χ3n) is 2.45. The number of amides is 2.